The van der Waals surface area contributed by atoms with Gasteiger partial charge in [-0.25, -0.2) is 10.3 Å². The smallest absolute Gasteiger partial charge is 0.408 e. The Balaban J connectivity index is 2.60. The fraction of sp³-hybridized carbons (Fsp3) is 0.529. The van der Waals surface area contributed by atoms with Gasteiger partial charge in [-0.1, -0.05) is 30.3 Å². The maximum atomic E-state index is 12.2. The second kappa shape index (κ2) is 8.12. The van der Waals surface area contributed by atoms with Crippen molar-refractivity contribution in [1.29, 1.82) is 0 Å². The summed E-state index contributed by atoms with van der Waals surface area (Å²) in [6.45, 7) is 8.09. The molecule has 0 saturated heterocycles. The quantitative estimate of drug-likeness (QED) is 0.688. The first-order valence-electron chi connectivity index (χ1n) is 7.66. The SMILES string of the molecule is CC(C)(C)OC(=O)NC(C(=O)NOCc1ccccc1)C(C)(C)O. The normalized spacial score (nSPS) is 13.1. The van der Waals surface area contributed by atoms with Crippen molar-refractivity contribution in [3.63, 3.8) is 0 Å². The molecule has 0 aliphatic heterocycles. The number of nitrogens with one attached hydrogen (secondary N) is 2. The van der Waals surface area contributed by atoms with Crippen LogP contribution in [0, 0.1) is 0 Å². The third kappa shape index (κ3) is 7.43. The van der Waals surface area contributed by atoms with Crippen molar-refractivity contribution in [2.45, 2.75) is 58.5 Å². The van der Waals surface area contributed by atoms with Gasteiger partial charge in [-0.15, -0.1) is 0 Å². The van der Waals surface area contributed by atoms with E-state index in [9.17, 15) is 14.7 Å². The predicted molar refractivity (Wildman–Crippen MR) is 88.8 cm³/mol. The van der Waals surface area contributed by atoms with Gasteiger partial charge in [0.1, 0.15) is 11.6 Å². The molecule has 1 atom stereocenters. The number of hydrogen-bond acceptors (Lipinski definition) is 5. The van der Waals surface area contributed by atoms with Gasteiger partial charge in [0, 0.05) is 0 Å². The first-order chi connectivity index (χ1) is 11.0. The van der Waals surface area contributed by atoms with Crippen LogP contribution < -0.4 is 10.8 Å². The molecule has 0 fully saturated rings. The molecule has 2 amide bonds. The highest BCUT2D eigenvalue weighted by Crippen LogP contribution is 2.12. The first kappa shape index (κ1) is 19.9. The molecule has 0 aliphatic carbocycles. The fourth-order valence-electron chi connectivity index (χ4n) is 1.81. The van der Waals surface area contributed by atoms with Gasteiger partial charge in [0.2, 0.25) is 0 Å². The molecule has 1 aromatic carbocycles. The van der Waals surface area contributed by atoms with Gasteiger partial charge in [-0.2, -0.15) is 0 Å². The molecule has 7 heteroatoms. The van der Waals surface area contributed by atoms with Crippen molar-refractivity contribution in [3.05, 3.63) is 35.9 Å². The summed E-state index contributed by atoms with van der Waals surface area (Å²) in [5.41, 5.74) is 0.893. The lowest BCUT2D eigenvalue weighted by atomic mass is 9.98. The third-order valence-corrected chi connectivity index (χ3v) is 2.88. The van der Waals surface area contributed by atoms with Crippen LogP contribution in [0.5, 0.6) is 0 Å². The number of hydroxylamine groups is 1. The third-order valence-electron chi connectivity index (χ3n) is 2.88. The highest BCUT2D eigenvalue weighted by molar-refractivity contribution is 5.86. The van der Waals surface area contributed by atoms with Gasteiger partial charge in [0.05, 0.1) is 12.2 Å². The van der Waals surface area contributed by atoms with Crippen molar-refractivity contribution < 1.29 is 24.3 Å². The van der Waals surface area contributed by atoms with Crippen LogP contribution in [0.4, 0.5) is 4.79 Å². The Morgan fingerprint density at radius 1 is 1.12 bits per heavy atom. The Labute approximate surface area is 142 Å². The molecular formula is C17H26N2O5. The minimum absolute atomic E-state index is 0.164. The number of hydrogen-bond donors (Lipinski definition) is 3. The Kier molecular flexibility index (Phi) is 6.74. The van der Waals surface area contributed by atoms with Gasteiger partial charge < -0.3 is 15.2 Å². The van der Waals surface area contributed by atoms with Crippen molar-refractivity contribution in [2.24, 2.45) is 0 Å². The van der Waals surface area contributed by atoms with Crippen molar-refractivity contribution >= 4 is 12.0 Å². The number of carbonyl (C=O) groups is 2. The number of carbonyl (C=O) groups excluding carboxylic acids is 2. The van der Waals surface area contributed by atoms with Crippen LogP contribution in [0.2, 0.25) is 0 Å². The molecule has 24 heavy (non-hydrogen) atoms. The van der Waals surface area contributed by atoms with E-state index in [1.165, 1.54) is 13.8 Å². The van der Waals surface area contributed by atoms with Gasteiger partial charge in [0.15, 0.2) is 0 Å². The maximum Gasteiger partial charge on any atom is 0.408 e. The Bertz CT molecular complexity index is 546. The number of amides is 2. The summed E-state index contributed by atoms with van der Waals surface area (Å²) in [4.78, 5) is 29.2. The highest BCUT2D eigenvalue weighted by Gasteiger charge is 2.36. The van der Waals surface area contributed by atoms with Crippen molar-refractivity contribution in [1.82, 2.24) is 10.8 Å². The molecule has 0 bridgehead atoms. The lowest BCUT2D eigenvalue weighted by Gasteiger charge is -2.30. The van der Waals surface area contributed by atoms with E-state index in [0.717, 1.165) is 5.56 Å². The second-order valence-electron chi connectivity index (χ2n) is 6.97. The zero-order valence-corrected chi connectivity index (χ0v) is 14.8. The lowest BCUT2D eigenvalue weighted by Crippen LogP contribution is -2.58. The number of aliphatic hydroxyl groups is 1. The van der Waals surface area contributed by atoms with Gasteiger partial charge in [-0.3, -0.25) is 9.63 Å². The maximum absolute atomic E-state index is 12.2. The molecule has 1 aromatic rings. The molecular weight excluding hydrogens is 312 g/mol. The molecule has 0 aromatic heterocycles. The average molecular weight is 338 g/mol. The van der Waals surface area contributed by atoms with E-state index >= 15 is 0 Å². The van der Waals surface area contributed by atoms with Crippen molar-refractivity contribution in [3.8, 4) is 0 Å². The number of rotatable bonds is 6. The summed E-state index contributed by atoms with van der Waals surface area (Å²) in [5, 5.41) is 12.5. The van der Waals surface area contributed by atoms with E-state index in [0.29, 0.717) is 0 Å². The summed E-state index contributed by atoms with van der Waals surface area (Å²) < 4.78 is 5.11. The van der Waals surface area contributed by atoms with E-state index in [4.69, 9.17) is 9.57 Å². The standard InChI is InChI=1S/C17H26N2O5/c1-16(2,3)24-15(21)18-13(17(4,5)22)14(20)19-23-11-12-9-7-6-8-10-12/h6-10,13,22H,11H2,1-5H3,(H,18,21)(H,19,20). The van der Waals surface area contributed by atoms with E-state index in [1.54, 1.807) is 20.8 Å². The lowest BCUT2D eigenvalue weighted by molar-refractivity contribution is -0.142. The summed E-state index contributed by atoms with van der Waals surface area (Å²) in [6.07, 6.45) is -0.798. The molecule has 134 valence electrons. The zero-order chi connectivity index (χ0) is 18.4. The molecule has 0 heterocycles. The van der Waals surface area contributed by atoms with Crippen LogP contribution in [0.15, 0.2) is 30.3 Å². The van der Waals surface area contributed by atoms with Crippen LogP contribution in [0.1, 0.15) is 40.2 Å². The van der Waals surface area contributed by atoms with Crippen molar-refractivity contribution in [2.75, 3.05) is 0 Å². The van der Waals surface area contributed by atoms with E-state index in [2.05, 4.69) is 10.8 Å². The highest BCUT2D eigenvalue weighted by atomic mass is 16.7. The molecule has 0 saturated carbocycles. The van der Waals surface area contributed by atoms with Gasteiger partial charge in [-0.05, 0) is 40.2 Å². The minimum atomic E-state index is -1.50. The summed E-state index contributed by atoms with van der Waals surface area (Å²) in [6, 6.07) is 8.03. The number of alkyl carbamates (subject to hydrolysis) is 1. The molecule has 0 radical (unpaired) electrons. The van der Waals surface area contributed by atoms with Gasteiger partial charge >= 0.3 is 6.09 Å². The molecule has 0 spiro atoms. The molecule has 1 rings (SSSR count). The minimum Gasteiger partial charge on any atom is -0.444 e. The fourth-order valence-corrected chi connectivity index (χ4v) is 1.81. The molecule has 3 N–H and O–H groups in total. The zero-order valence-electron chi connectivity index (χ0n) is 14.8. The average Bonchev–Trinajstić information content (AvgIpc) is 2.42. The Morgan fingerprint density at radius 3 is 2.21 bits per heavy atom. The summed E-state index contributed by atoms with van der Waals surface area (Å²) in [5.74, 6) is -0.677. The van der Waals surface area contributed by atoms with E-state index in [1.807, 2.05) is 30.3 Å². The topological polar surface area (TPSA) is 96.9 Å². The molecule has 1 unspecified atom stereocenters. The predicted octanol–water partition coefficient (Wildman–Crippen LogP) is 1.90. The van der Waals surface area contributed by atoms with Crippen LogP contribution in [0.3, 0.4) is 0 Å². The van der Waals surface area contributed by atoms with Gasteiger partial charge in [0.25, 0.3) is 5.91 Å². The Hall–Kier alpha value is -2.12. The van der Waals surface area contributed by atoms with E-state index in [-0.39, 0.29) is 6.61 Å². The van der Waals surface area contributed by atoms with Crippen LogP contribution in [-0.2, 0) is 21.0 Å². The number of benzene rings is 1. The molecule has 7 nitrogen and oxygen atoms in total. The summed E-state index contributed by atoms with van der Waals surface area (Å²) >= 11 is 0. The monoisotopic (exact) mass is 338 g/mol. The Morgan fingerprint density at radius 2 is 1.71 bits per heavy atom. The molecule has 0 aliphatic rings. The summed E-state index contributed by atoms with van der Waals surface area (Å²) in [7, 11) is 0. The van der Waals surface area contributed by atoms with E-state index < -0.39 is 29.2 Å². The van der Waals surface area contributed by atoms with Crippen LogP contribution in [0.25, 0.3) is 0 Å². The van der Waals surface area contributed by atoms with Crippen LogP contribution >= 0.6 is 0 Å². The largest absolute Gasteiger partial charge is 0.444 e. The van der Waals surface area contributed by atoms with Crippen LogP contribution in [-0.4, -0.2) is 34.4 Å². The number of ether oxygens (including phenoxy) is 1. The first-order valence-corrected chi connectivity index (χ1v) is 7.66. The second-order valence-corrected chi connectivity index (χ2v) is 6.97.